The maximum Gasteiger partial charge on any atom is 0.0177 e. The predicted molar refractivity (Wildman–Crippen MR) is 102 cm³/mol. The Bertz CT molecular complexity index is 591. The van der Waals surface area contributed by atoms with Gasteiger partial charge in [-0.3, -0.25) is 0 Å². The third-order valence-electron chi connectivity index (χ3n) is 3.70. The Balaban J connectivity index is 2.65. The van der Waals surface area contributed by atoms with E-state index in [1.807, 2.05) is 0 Å². The van der Waals surface area contributed by atoms with Crippen LogP contribution in [0.5, 0.6) is 0 Å². The van der Waals surface area contributed by atoms with Crippen LogP contribution >= 0.6 is 11.5 Å². The van der Waals surface area contributed by atoms with Gasteiger partial charge in [-0.25, -0.2) is 0 Å². The fourth-order valence-electron chi connectivity index (χ4n) is 2.52. The van der Waals surface area contributed by atoms with Crippen LogP contribution in [0.1, 0.15) is 13.8 Å². The molecule has 0 aliphatic rings. The normalized spacial score (nSPS) is 17.1. The molecule has 0 bridgehead atoms. The van der Waals surface area contributed by atoms with Crippen molar-refractivity contribution < 1.29 is 0 Å². The maximum absolute atomic E-state index is 6.24. The molecule has 106 valence electrons. The molecule has 0 amide bonds. The SMILES string of the molecule is CCP(=S)(c1ccccc1)P(=S)(CC)c1ccccc1. The molecule has 2 aromatic rings. The first-order chi connectivity index (χ1) is 9.58. The molecule has 0 aliphatic heterocycles. The van der Waals surface area contributed by atoms with Gasteiger partial charge in [0, 0.05) is 11.5 Å². The van der Waals surface area contributed by atoms with Crippen LogP contribution in [0, 0.1) is 0 Å². The molecule has 0 heterocycles. The molecule has 2 rings (SSSR count). The molecule has 4 heteroatoms. The van der Waals surface area contributed by atoms with E-state index in [1.54, 1.807) is 0 Å². The van der Waals surface area contributed by atoms with E-state index < -0.39 is 11.5 Å². The van der Waals surface area contributed by atoms with Crippen molar-refractivity contribution >= 4 is 45.7 Å². The third-order valence-corrected chi connectivity index (χ3v) is 23.6. The van der Waals surface area contributed by atoms with Crippen LogP contribution in [0.15, 0.2) is 60.7 Å². The van der Waals surface area contributed by atoms with E-state index in [4.69, 9.17) is 23.6 Å². The summed E-state index contributed by atoms with van der Waals surface area (Å²) in [7, 11) is 0. The van der Waals surface area contributed by atoms with Crippen molar-refractivity contribution in [2.75, 3.05) is 12.3 Å². The summed E-state index contributed by atoms with van der Waals surface area (Å²) in [6, 6.07) is 21.2. The van der Waals surface area contributed by atoms with Crippen molar-refractivity contribution in [2.45, 2.75) is 13.8 Å². The largest absolute Gasteiger partial charge is 0.0867 e. The van der Waals surface area contributed by atoms with Crippen LogP contribution in [-0.4, -0.2) is 12.3 Å². The van der Waals surface area contributed by atoms with Crippen molar-refractivity contribution in [1.82, 2.24) is 0 Å². The molecular weight excluding hydrogens is 318 g/mol. The summed E-state index contributed by atoms with van der Waals surface area (Å²) in [6.45, 7) is 4.43. The molecule has 0 nitrogen and oxygen atoms in total. The lowest BCUT2D eigenvalue weighted by Crippen LogP contribution is -2.14. The van der Waals surface area contributed by atoms with E-state index >= 15 is 0 Å². The molecule has 2 unspecified atom stereocenters. The zero-order valence-electron chi connectivity index (χ0n) is 11.9. The van der Waals surface area contributed by atoms with Gasteiger partial charge in [0.15, 0.2) is 0 Å². The second kappa shape index (κ2) is 6.67. The van der Waals surface area contributed by atoms with Crippen molar-refractivity contribution in [1.29, 1.82) is 0 Å². The summed E-state index contributed by atoms with van der Waals surface area (Å²) in [4.78, 5) is 0. The van der Waals surface area contributed by atoms with Crippen LogP contribution in [0.2, 0.25) is 0 Å². The molecular formula is C16H20P2S2. The molecule has 0 spiro atoms. The van der Waals surface area contributed by atoms with E-state index in [0.29, 0.717) is 0 Å². The molecule has 0 aliphatic carbocycles. The highest BCUT2D eigenvalue weighted by Gasteiger charge is 2.34. The quantitative estimate of drug-likeness (QED) is 0.734. The summed E-state index contributed by atoms with van der Waals surface area (Å²) in [5, 5.41) is 2.62. The minimum Gasteiger partial charge on any atom is -0.0867 e. The van der Waals surface area contributed by atoms with Gasteiger partial charge < -0.3 is 0 Å². The fourth-order valence-corrected chi connectivity index (χ4v) is 16.5. The molecule has 0 fully saturated rings. The van der Waals surface area contributed by atoms with Crippen molar-refractivity contribution in [3.8, 4) is 0 Å². The molecule has 0 saturated heterocycles. The minimum atomic E-state index is -1.74. The Kier molecular flexibility index (Phi) is 5.37. The zero-order valence-corrected chi connectivity index (χ0v) is 15.3. The summed E-state index contributed by atoms with van der Waals surface area (Å²) < 4.78 is 0. The maximum atomic E-state index is 6.24. The van der Waals surface area contributed by atoms with Gasteiger partial charge in [-0.05, 0) is 22.9 Å². The first-order valence-electron chi connectivity index (χ1n) is 6.88. The second-order valence-corrected chi connectivity index (χ2v) is 19.3. The number of hydrogen-bond acceptors (Lipinski definition) is 2. The molecule has 2 atom stereocenters. The van der Waals surface area contributed by atoms with Gasteiger partial charge in [0.05, 0.1) is 0 Å². The van der Waals surface area contributed by atoms with Crippen molar-refractivity contribution in [3.05, 3.63) is 60.7 Å². The average Bonchev–Trinajstić information content (AvgIpc) is 2.54. The van der Waals surface area contributed by atoms with Crippen LogP contribution in [0.4, 0.5) is 0 Å². The molecule has 0 N–H and O–H groups in total. The Hall–Kier alpha value is -0.260. The smallest absolute Gasteiger partial charge is 0.0177 e. The predicted octanol–water partition coefficient (Wildman–Crippen LogP) is 4.55. The first-order valence-corrected chi connectivity index (χ1v) is 13.6. The summed E-state index contributed by atoms with van der Waals surface area (Å²) >= 11 is 12.5. The summed E-state index contributed by atoms with van der Waals surface area (Å²) in [5.74, 6) is 0. The lowest BCUT2D eigenvalue weighted by Gasteiger charge is -2.34. The standard InChI is InChI=1S/C16H20P2S2/c1-3-17(19,15-11-7-5-8-12-15)18(20,4-2)16-13-9-6-10-14-16/h5-14H,3-4H2,1-2H3. The Morgan fingerprint density at radius 3 is 1.20 bits per heavy atom. The van der Waals surface area contributed by atoms with Gasteiger partial charge >= 0.3 is 0 Å². The van der Waals surface area contributed by atoms with E-state index in [1.165, 1.54) is 10.6 Å². The molecule has 20 heavy (non-hydrogen) atoms. The fraction of sp³-hybridized carbons (Fsp3) is 0.250. The zero-order chi connectivity index (χ0) is 14.6. The van der Waals surface area contributed by atoms with Crippen LogP contribution in [0.3, 0.4) is 0 Å². The third kappa shape index (κ3) is 2.72. The molecule has 0 aromatic heterocycles. The van der Waals surface area contributed by atoms with E-state index in [9.17, 15) is 0 Å². The van der Waals surface area contributed by atoms with Gasteiger partial charge in [0.2, 0.25) is 0 Å². The first kappa shape index (κ1) is 16.1. The van der Waals surface area contributed by atoms with Crippen LogP contribution < -0.4 is 10.6 Å². The number of benzene rings is 2. The van der Waals surface area contributed by atoms with E-state index in [2.05, 4.69) is 74.5 Å². The van der Waals surface area contributed by atoms with E-state index in [0.717, 1.165) is 12.3 Å². The molecule has 0 saturated carbocycles. The highest BCUT2D eigenvalue weighted by Crippen LogP contribution is 2.79. The highest BCUT2D eigenvalue weighted by atomic mass is 32.8. The average molecular weight is 338 g/mol. The van der Waals surface area contributed by atoms with Gasteiger partial charge in [-0.15, -0.1) is 0 Å². The highest BCUT2D eigenvalue weighted by molar-refractivity contribution is 8.70. The molecule has 2 aromatic carbocycles. The van der Waals surface area contributed by atoms with Gasteiger partial charge in [-0.1, -0.05) is 98.1 Å². The Labute approximate surface area is 132 Å². The van der Waals surface area contributed by atoms with Gasteiger partial charge in [0.25, 0.3) is 0 Å². The molecule has 0 radical (unpaired) electrons. The second-order valence-electron chi connectivity index (χ2n) is 4.71. The summed E-state index contributed by atoms with van der Waals surface area (Å²) in [6.07, 6.45) is 2.01. The lowest BCUT2D eigenvalue weighted by atomic mass is 10.4. The van der Waals surface area contributed by atoms with Gasteiger partial charge in [0.1, 0.15) is 0 Å². The summed E-state index contributed by atoms with van der Waals surface area (Å²) in [5.41, 5.74) is -3.47. The van der Waals surface area contributed by atoms with E-state index in [-0.39, 0.29) is 0 Å². The van der Waals surface area contributed by atoms with Crippen LogP contribution in [-0.2, 0) is 23.6 Å². The minimum absolute atomic E-state index is 1.01. The van der Waals surface area contributed by atoms with Crippen LogP contribution in [0.25, 0.3) is 0 Å². The lowest BCUT2D eigenvalue weighted by molar-refractivity contribution is 1.49. The van der Waals surface area contributed by atoms with Crippen molar-refractivity contribution in [3.63, 3.8) is 0 Å². The monoisotopic (exact) mass is 338 g/mol. The topological polar surface area (TPSA) is 0 Å². The Morgan fingerprint density at radius 1 is 0.650 bits per heavy atom. The number of hydrogen-bond donors (Lipinski definition) is 0. The van der Waals surface area contributed by atoms with Crippen molar-refractivity contribution in [2.24, 2.45) is 0 Å². The van der Waals surface area contributed by atoms with Gasteiger partial charge in [-0.2, -0.15) is 0 Å². The number of rotatable bonds is 5. The Morgan fingerprint density at radius 2 is 0.950 bits per heavy atom.